The second kappa shape index (κ2) is 6.85. The highest BCUT2D eigenvalue weighted by molar-refractivity contribution is 7.90. The average Bonchev–Trinajstić information content (AvgIpc) is 2.53. The van der Waals surface area contributed by atoms with Crippen molar-refractivity contribution in [2.45, 2.75) is 51.6 Å². The van der Waals surface area contributed by atoms with Gasteiger partial charge in [-0.05, 0) is 32.6 Å². The summed E-state index contributed by atoms with van der Waals surface area (Å²) in [5.41, 5.74) is -5.10. The molecule has 0 aliphatic carbocycles. The maximum Gasteiger partial charge on any atom is 0.511 e. The average molecular weight is 398 g/mol. The van der Waals surface area contributed by atoms with Crippen LogP contribution in [-0.4, -0.2) is 67.9 Å². The minimum Gasteiger partial charge on any atom is -0.356 e. The summed E-state index contributed by atoms with van der Waals surface area (Å²) >= 11 is 0. The fourth-order valence-electron chi connectivity index (χ4n) is 3.43. The Morgan fingerprint density at radius 2 is 1.73 bits per heavy atom. The van der Waals surface area contributed by atoms with Crippen LogP contribution in [0.3, 0.4) is 0 Å². The smallest absolute Gasteiger partial charge is 0.356 e. The van der Waals surface area contributed by atoms with E-state index in [4.69, 9.17) is 0 Å². The summed E-state index contributed by atoms with van der Waals surface area (Å²) in [5, 5.41) is 3.30. The second-order valence-electron chi connectivity index (χ2n) is 8.25. The molecule has 0 amide bonds. The van der Waals surface area contributed by atoms with Crippen LogP contribution in [-0.2, 0) is 10.0 Å². The van der Waals surface area contributed by atoms with Gasteiger partial charge in [0, 0.05) is 44.2 Å². The number of sulfonamides is 1. The molecule has 2 aliphatic rings. The van der Waals surface area contributed by atoms with Crippen LogP contribution in [0.1, 0.15) is 40.5 Å². The molecule has 0 aromatic carbocycles. The first kappa shape index (κ1) is 21.3. The highest BCUT2D eigenvalue weighted by atomic mass is 32.2. The molecular formula is C16H29F3N4O2S. The Morgan fingerprint density at radius 3 is 2.12 bits per heavy atom. The highest BCUT2D eigenvalue weighted by Gasteiger charge is 2.54. The molecule has 152 valence electrons. The van der Waals surface area contributed by atoms with Gasteiger partial charge >= 0.3 is 15.5 Å². The largest absolute Gasteiger partial charge is 0.511 e. The normalized spacial score (nSPS) is 25.1. The molecule has 2 aliphatic heterocycles. The van der Waals surface area contributed by atoms with Gasteiger partial charge in [0.15, 0.2) is 5.96 Å². The molecule has 2 saturated heterocycles. The fraction of sp³-hybridized carbons (Fsp3) is 0.938. The van der Waals surface area contributed by atoms with Gasteiger partial charge in [0.2, 0.25) is 0 Å². The maximum absolute atomic E-state index is 12.6. The van der Waals surface area contributed by atoms with E-state index in [0.29, 0.717) is 23.7 Å². The van der Waals surface area contributed by atoms with E-state index in [1.54, 1.807) is 7.05 Å². The van der Waals surface area contributed by atoms with Crippen LogP contribution >= 0.6 is 0 Å². The minimum absolute atomic E-state index is 0.0427. The molecule has 0 spiro atoms. The minimum atomic E-state index is -5.23. The van der Waals surface area contributed by atoms with E-state index in [0.717, 1.165) is 12.5 Å². The number of hydrogen-bond donors (Lipinski definition) is 1. The first-order chi connectivity index (χ1) is 11.7. The third-order valence-corrected chi connectivity index (χ3v) is 7.74. The van der Waals surface area contributed by atoms with Crippen molar-refractivity contribution in [3.05, 3.63) is 0 Å². The van der Waals surface area contributed by atoms with Crippen molar-refractivity contribution in [3.8, 4) is 0 Å². The van der Waals surface area contributed by atoms with E-state index in [9.17, 15) is 21.6 Å². The van der Waals surface area contributed by atoms with Crippen LogP contribution in [0.2, 0.25) is 0 Å². The molecule has 1 N–H and O–H groups in total. The lowest BCUT2D eigenvalue weighted by Crippen LogP contribution is -2.72. The van der Waals surface area contributed by atoms with Crippen molar-refractivity contribution in [2.75, 3.05) is 33.2 Å². The van der Waals surface area contributed by atoms with Gasteiger partial charge in [-0.25, -0.2) is 8.42 Å². The van der Waals surface area contributed by atoms with Crippen molar-refractivity contribution in [1.29, 1.82) is 0 Å². The molecule has 0 aromatic rings. The van der Waals surface area contributed by atoms with Gasteiger partial charge in [-0.3, -0.25) is 4.99 Å². The van der Waals surface area contributed by atoms with Crippen molar-refractivity contribution in [1.82, 2.24) is 14.5 Å². The number of rotatable bonds is 3. The van der Waals surface area contributed by atoms with E-state index in [2.05, 4.69) is 42.9 Å². The topological polar surface area (TPSA) is 65.0 Å². The summed E-state index contributed by atoms with van der Waals surface area (Å²) in [6, 6.07) is 0. The van der Waals surface area contributed by atoms with Crippen molar-refractivity contribution < 1.29 is 21.6 Å². The third kappa shape index (κ3) is 3.67. The van der Waals surface area contributed by atoms with E-state index >= 15 is 0 Å². The molecule has 2 rings (SSSR count). The van der Waals surface area contributed by atoms with Crippen molar-refractivity contribution in [2.24, 2.45) is 16.3 Å². The number of guanidine groups is 1. The lowest BCUT2D eigenvalue weighted by atomic mass is 9.65. The predicted octanol–water partition coefficient (Wildman–Crippen LogP) is 2.24. The Morgan fingerprint density at radius 1 is 1.19 bits per heavy atom. The van der Waals surface area contributed by atoms with Crippen LogP contribution < -0.4 is 5.32 Å². The van der Waals surface area contributed by atoms with Gasteiger partial charge in [-0.1, -0.05) is 13.8 Å². The Bertz CT molecular complexity index is 651. The summed E-state index contributed by atoms with van der Waals surface area (Å²) in [7, 11) is -3.50. The molecule has 2 fully saturated rings. The molecule has 0 aromatic heterocycles. The second-order valence-corrected chi connectivity index (χ2v) is 10.2. The van der Waals surface area contributed by atoms with Crippen molar-refractivity contribution >= 4 is 16.0 Å². The predicted molar refractivity (Wildman–Crippen MR) is 95.2 cm³/mol. The molecule has 26 heavy (non-hydrogen) atoms. The fourth-order valence-corrected chi connectivity index (χ4v) is 4.42. The number of piperidine rings is 1. The zero-order valence-corrected chi connectivity index (χ0v) is 16.8. The number of likely N-dealkylation sites (tertiary alicyclic amines) is 1. The number of aliphatic imine (C=N–C) groups is 1. The summed E-state index contributed by atoms with van der Waals surface area (Å²) in [5.74, 6) is 0.892. The first-order valence-corrected chi connectivity index (χ1v) is 10.2. The van der Waals surface area contributed by atoms with E-state index in [1.165, 1.54) is 0 Å². The van der Waals surface area contributed by atoms with Crippen LogP contribution in [0.4, 0.5) is 13.2 Å². The Labute approximate surface area is 153 Å². The van der Waals surface area contributed by atoms with Crippen LogP contribution in [0, 0.1) is 11.3 Å². The van der Waals surface area contributed by atoms with Gasteiger partial charge in [0.25, 0.3) is 0 Å². The Balaban J connectivity index is 1.87. The molecule has 0 radical (unpaired) electrons. The molecule has 0 bridgehead atoms. The maximum atomic E-state index is 12.6. The summed E-state index contributed by atoms with van der Waals surface area (Å²) in [4.78, 5) is 6.51. The van der Waals surface area contributed by atoms with Gasteiger partial charge in [-0.2, -0.15) is 17.5 Å². The van der Waals surface area contributed by atoms with E-state index < -0.39 is 15.5 Å². The number of alkyl halides is 3. The van der Waals surface area contributed by atoms with Gasteiger partial charge in [-0.15, -0.1) is 0 Å². The van der Waals surface area contributed by atoms with E-state index in [1.807, 2.05) is 0 Å². The summed E-state index contributed by atoms with van der Waals surface area (Å²) in [6.45, 7) is 9.96. The highest BCUT2D eigenvalue weighted by Crippen LogP contribution is 2.46. The Kier molecular flexibility index (Phi) is 5.60. The quantitative estimate of drug-likeness (QED) is 0.585. The molecule has 2 heterocycles. The molecular weight excluding hydrogens is 369 g/mol. The van der Waals surface area contributed by atoms with Crippen LogP contribution in [0.25, 0.3) is 0 Å². The zero-order chi connectivity index (χ0) is 20.0. The molecule has 0 unspecified atom stereocenters. The molecule has 0 atom stereocenters. The number of nitrogens with zero attached hydrogens (tertiary/aromatic N) is 3. The lowest BCUT2D eigenvalue weighted by molar-refractivity contribution is -0.0668. The summed E-state index contributed by atoms with van der Waals surface area (Å²) < 4.78 is 61.3. The summed E-state index contributed by atoms with van der Waals surface area (Å²) in [6.07, 6.45) is 0.794. The van der Waals surface area contributed by atoms with Crippen LogP contribution in [0.15, 0.2) is 4.99 Å². The van der Waals surface area contributed by atoms with Gasteiger partial charge in [0.05, 0.1) is 0 Å². The standard InChI is InChI=1S/C16H29F3N4O2S/c1-14(2)11-23(15(14,3)4)13(20-5)21-10-12-6-8-22(9-7-12)26(24,25)16(17,18)19/h12H,6-11H2,1-5H3,(H,20,21). The van der Waals surface area contributed by atoms with Gasteiger partial charge in [0.1, 0.15) is 0 Å². The van der Waals surface area contributed by atoms with E-state index in [-0.39, 0.29) is 30.0 Å². The molecule has 0 saturated carbocycles. The van der Waals surface area contributed by atoms with Gasteiger partial charge < -0.3 is 10.2 Å². The van der Waals surface area contributed by atoms with Crippen molar-refractivity contribution in [3.63, 3.8) is 0 Å². The van der Waals surface area contributed by atoms with Crippen LogP contribution in [0.5, 0.6) is 0 Å². The number of halogens is 3. The number of hydrogen-bond acceptors (Lipinski definition) is 3. The monoisotopic (exact) mass is 398 g/mol. The first-order valence-electron chi connectivity index (χ1n) is 8.79. The molecule has 6 nitrogen and oxygen atoms in total. The lowest BCUT2D eigenvalue weighted by Gasteiger charge is -2.62. The number of nitrogens with one attached hydrogen (secondary N) is 1. The Hall–Kier alpha value is -1.03. The SMILES string of the molecule is CN=C(NCC1CCN(S(=O)(=O)C(F)(F)F)CC1)N1CC(C)(C)C1(C)C. The molecule has 10 heteroatoms. The zero-order valence-electron chi connectivity index (χ0n) is 16.0. The third-order valence-electron chi connectivity index (χ3n) is 6.11.